The molecule has 0 radical (unpaired) electrons. The van der Waals surface area contributed by atoms with Crippen LogP contribution in [0.15, 0.2) is 11.1 Å². The van der Waals surface area contributed by atoms with Crippen molar-refractivity contribution in [1.29, 1.82) is 0 Å². The Kier molecular flexibility index (Phi) is 1.17. The number of hydrogen-bond donors (Lipinski definition) is 2. The Bertz CT molecular complexity index is 440. The molecule has 6 rings (SSSR count). The fourth-order valence-electron chi connectivity index (χ4n) is 6.14. The van der Waals surface area contributed by atoms with Crippen LogP contribution in [0.5, 0.6) is 0 Å². The van der Waals surface area contributed by atoms with Gasteiger partial charge < -0.3 is 10.2 Å². The van der Waals surface area contributed by atoms with E-state index in [0.717, 1.165) is 25.7 Å². The van der Waals surface area contributed by atoms with Gasteiger partial charge in [0.15, 0.2) is 0 Å². The lowest BCUT2D eigenvalue weighted by Gasteiger charge is -2.62. The lowest BCUT2D eigenvalue weighted by Crippen LogP contribution is -2.64. The van der Waals surface area contributed by atoms with Crippen LogP contribution in [0.2, 0.25) is 0 Å². The highest BCUT2D eigenvalue weighted by Crippen LogP contribution is 2.72. The van der Waals surface area contributed by atoms with Gasteiger partial charge in [0.25, 0.3) is 0 Å². The van der Waals surface area contributed by atoms with Gasteiger partial charge in [-0.3, -0.25) is 0 Å². The lowest BCUT2D eigenvalue weighted by molar-refractivity contribution is -0.182. The van der Waals surface area contributed by atoms with Crippen molar-refractivity contribution in [3.8, 4) is 0 Å². The van der Waals surface area contributed by atoms with Crippen molar-refractivity contribution >= 4 is 0 Å². The summed E-state index contributed by atoms with van der Waals surface area (Å²) in [5.74, 6) is 2.24. The van der Waals surface area contributed by atoms with E-state index in [1.807, 2.05) is 0 Å². The van der Waals surface area contributed by atoms with Gasteiger partial charge >= 0.3 is 0 Å². The molecule has 6 aliphatic carbocycles. The first-order chi connectivity index (χ1) is 7.62. The topological polar surface area (TPSA) is 40.5 Å². The maximum absolute atomic E-state index is 11.1. The van der Waals surface area contributed by atoms with Crippen molar-refractivity contribution in [2.45, 2.75) is 49.7 Å². The van der Waals surface area contributed by atoms with Gasteiger partial charge in [0.2, 0.25) is 0 Å². The molecule has 3 saturated carbocycles. The van der Waals surface area contributed by atoms with Crippen LogP contribution < -0.4 is 0 Å². The van der Waals surface area contributed by atoms with Gasteiger partial charge in [-0.05, 0) is 61.3 Å². The van der Waals surface area contributed by atoms with Crippen LogP contribution >= 0.6 is 0 Å². The molecule has 2 nitrogen and oxygen atoms in total. The minimum absolute atomic E-state index is 0.394. The molecular weight excluding hydrogens is 200 g/mol. The largest absolute Gasteiger partial charge is 0.390 e. The average Bonchev–Trinajstić information content (AvgIpc) is 2.41. The molecule has 0 aromatic heterocycles. The highest BCUT2D eigenvalue weighted by Gasteiger charge is 2.70. The summed E-state index contributed by atoms with van der Waals surface area (Å²) in [5.41, 5.74) is 1.96. The number of rotatable bonds is 0. The standard InChI is InChI=1S/C14H18O2/c15-13-4-10-8-2-1-7-3-9(10)12(6-13)14(7,16)11(8)5-13/h7-8,10-11,15-16H,1-6H2. The van der Waals surface area contributed by atoms with E-state index in [1.54, 1.807) is 5.57 Å². The van der Waals surface area contributed by atoms with E-state index < -0.39 is 11.2 Å². The molecule has 0 saturated heterocycles. The predicted octanol–water partition coefficient (Wildman–Crippen LogP) is 1.62. The van der Waals surface area contributed by atoms with Crippen LogP contribution in [0.4, 0.5) is 0 Å². The van der Waals surface area contributed by atoms with E-state index in [2.05, 4.69) is 0 Å². The average molecular weight is 218 g/mol. The molecule has 16 heavy (non-hydrogen) atoms. The van der Waals surface area contributed by atoms with Crippen molar-refractivity contribution in [2.24, 2.45) is 23.7 Å². The number of aliphatic hydroxyl groups is 2. The van der Waals surface area contributed by atoms with Gasteiger partial charge in [-0.25, -0.2) is 0 Å². The fraction of sp³-hybridized carbons (Fsp3) is 0.857. The minimum Gasteiger partial charge on any atom is -0.390 e. The third kappa shape index (κ3) is 0.659. The molecule has 0 spiro atoms. The van der Waals surface area contributed by atoms with Crippen LogP contribution in [-0.4, -0.2) is 21.4 Å². The van der Waals surface area contributed by atoms with Crippen molar-refractivity contribution in [3.05, 3.63) is 11.1 Å². The summed E-state index contributed by atoms with van der Waals surface area (Å²) < 4.78 is 0. The molecule has 2 heteroatoms. The highest BCUT2D eigenvalue weighted by atomic mass is 16.3. The Morgan fingerprint density at radius 3 is 2.88 bits per heavy atom. The number of allylic oxidation sites excluding steroid dienone is 1. The van der Waals surface area contributed by atoms with E-state index in [9.17, 15) is 10.2 Å². The molecular formula is C14H18O2. The van der Waals surface area contributed by atoms with Crippen molar-refractivity contribution in [2.75, 3.05) is 0 Å². The van der Waals surface area contributed by atoms with Gasteiger partial charge in [-0.2, -0.15) is 0 Å². The molecule has 7 bridgehead atoms. The van der Waals surface area contributed by atoms with Gasteiger partial charge in [0, 0.05) is 6.42 Å². The molecule has 86 valence electrons. The third-order valence-corrected chi connectivity index (χ3v) is 6.56. The zero-order valence-corrected chi connectivity index (χ0v) is 9.45. The maximum Gasteiger partial charge on any atom is 0.0923 e. The first-order valence-corrected chi connectivity index (χ1v) is 6.79. The molecule has 0 aromatic rings. The molecule has 3 fully saturated rings. The molecule has 0 aromatic carbocycles. The molecule has 0 amide bonds. The second-order valence-electron chi connectivity index (χ2n) is 6.99. The van der Waals surface area contributed by atoms with Crippen LogP contribution in [0, 0.1) is 23.7 Å². The molecule has 6 atom stereocenters. The van der Waals surface area contributed by atoms with E-state index >= 15 is 0 Å². The predicted molar refractivity (Wildman–Crippen MR) is 58.6 cm³/mol. The second-order valence-corrected chi connectivity index (χ2v) is 6.99. The molecule has 0 aliphatic heterocycles. The third-order valence-electron chi connectivity index (χ3n) is 6.56. The van der Waals surface area contributed by atoms with Gasteiger partial charge in [-0.15, -0.1) is 0 Å². The Balaban J connectivity index is 1.84. The first-order valence-electron chi connectivity index (χ1n) is 6.79. The summed E-state index contributed by atoms with van der Waals surface area (Å²) in [7, 11) is 0. The maximum atomic E-state index is 11.1. The van der Waals surface area contributed by atoms with Crippen molar-refractivity contribution < 1.29 is 10.2 Å². The molecule has 0 heterocycles. The molecule has 2 N–H and O–H groups in total. The van der Waals surface area contributed by atoms with Crippen LogP contribution in [0.25, 0.3) is 0 Å². The number of hydrogen-bond acceptors (Lipinski definition) is 2. The van der Waals surface area contributed by atoms with Gasteiger partial charge in [0.05, 0.1) is 11.2 Å². The zero-order chi connectivity index (χ0) is 10.7. The van der Waals surface area contributed by atoms with Crippen molar-refractivity contribution in [3.63, 3.8) is 0 Å². The van der Waals surface area contributed by atoms with Crippen LogP contribution in [0.1, 0.15) is 38.5 Å². The first kappa shape index (κ1) is 8.71. The van der Waals surface area contributed by atoms with Crippen molar-refractivity contribution in [1.82, 2.24) is 0 Å². The summed E-state index contributed by atoms with van der Waals surface area (Å²) in [6.07, 6.45) is 6.33. The Morgan fingerprint density at radius 1 is 1.12 bits per heavy atom. The Hall–Kier alpha value is -0.340. The van der Waals surface area contributed by atoms with E-state index in [-0.39, 0.29) is 0 Å². The Labute approximate surface area is 95.4 Å². The normalized spacial score (nSPS) is 64.9. The van der Waals surface area contributed by atoms with E-state index in [0.29, 0.717) is 23.7 Å². The second kappa shape index (κ2) is 2.15. The van der Waals surface area contributed by atoms with E-state index in [1.165, 1.54) is 18.4 Å². The smallest absolute Gasteiger partial charge is 0.0923 e. The highest BCUT2D eigenvalue weighted by molar-refractivity contribution is 5.46. The molecule has 6 aliphatic rings. The molecule has 6 unspecified atom stereocenters. The lowest BCUT2D eigenvalue weighted by atomic mass is 9.45. The monoisotopic (exact) mass is 218 g/mol. The fourth-order valence-corrected chi connectivity index (χ4v) is 6.14. The summed E-state index contributed by atoms with van der Waals surface area (Å²) in [6, 6.07) is 0. The minimum atomic E-state index is -0.471. The van der Waals surface area contributed by atoms with Crippen LogP contribution in [0.3, 0.4) is 0 Å². The quantitative estimate of drug-likeness (QED) is 0.607. The summed E-state index contributed by atoms with van der Waals surface area (Å²) in [4.78, 5) is 0. The summed E-state index contributed by atoms with van der Waals surface area (Å²) in [6.45, 7) is 0. The summed E-state index contributed by atoms with van der Waals surface area (Å²) >= 11 is 0. The summed E-state index contributed by atoms with van der Waals surface area (Å²) in [5, 5.41) is 21.6. The van der Waals surface area contributed by atoms with Crippen LogP contribution in [-0.2, 0) is 0 Å². The van der Waals surface area contributed by atoms with Gasteiger partial charge in [-0.1, -0.05) is 5.57 Å². The van der Waals surface area contributed by atoms with E-state index in [4.69, 9.17) is 0 Å². The Morgan fingerprint density at radius 2 is 2.00 bits per heavy atom. The van der Waals surface area contributed by atoms with Gasteiger partial charge in [0.1, 0.15) is 0 Å². The SMILES string of the molecule is OC12CC3=C4CC5CCC(C4C1)C(C2)C35O. The zero-order valence-electron chi connectivity index (χ0n) is 9.45.